The monoisotopic (exact) mass is 294 g/mol. The first-order valence-corrected chi connectivity index (χ1v) is 7.16. The van der Waals surface area contributed by atoms with Gasteiger partial charge in [-0.05, 0) is 18.2 Å². The number of fused-ring (bicyclic) bond motifs is 1. The quantitative estimate of drug-likeness (QED) is 0.878. The number of carbonyl (C=O) groups excluding carboxylic acids is 1. The first kappa shape index (κ1) is 14.2. The van der Waals surface area contributed by atoms with Gasteiger partial charge in [-0.25, -0.2) is 0 Å². The van der Waals surface area contributed by atoms with E-state index in [0.717, 1.165) is 17.0 Å². The van der Waals surface area contributed by atoms with Crippen molar-refractivity contribution in [2.24, 2.45) is 0 Å². The summed E-state index contributed by atoms with van der Waals surface area (Å²) in [4.78, 5) is 14.5. The van der Waals surface area contributed by atoms with Crippen molar-refractivity contribution >= 4 is 11.6 Å². The molecule has 22 heavy (non-hydrogen) atoms. The van der Waals surface area contributed by atoms with Crippen LogP contribution in [0.5, 0.6) is 5.75 Å². The summed E-state index contributed by atoms with van der Waals surface area (Å²) in [6.07, 6.45) is 1.45. The lowest BCUT2D eigenvalue weighted by Gasteiger charge is -2.38. The minimum Gasteiger partial charge on any atom is -0.496 e. The van der Waals surface area contributed by atoms with Gasteiger partial charge in [0.2, 0.25) is 0 Å². The zero-order valence-electron chi connectivity index (χ0n) is 12.5. The van der Waals surface area contributed by atoms with Crippen LogP contribution < -0.4 is 10.1 Å². The Balaban J connectivity index is 2.09. The van der Waals surface area contributed by atoms with Crippen molar-refractivity contribution < 1.29 is 9.53 Å². The average molecular weight is 294 g/mol. The smallest absolute Gasteiger partial charge is 0.258 e. The molecule has 0 spiro atoms. The minimum atomic E-state index is -0.281. The third-order valence-corrected chi connectivity index (χ3v) is 3.78. The third-order valence-electron chi connectivity index (χ3n) is 3.78. The van der Waals surface area contributed by atoms with Crippen LogP contribution in [0.2, 0.25) is 0 Å². The molecule has 0 radical (unpaired) electrons. The summed E-state index contributed by atoms with van der Waals surface area (Å²) in [7, 11) is 1.63. The van der Waals surface area contributed by atoms with Crippen LogP contribution in [0.1, 0.15) is 22.1 Å². The van der Waals surface area contributed by atoms with Crippen LogP contribution in [-0.4, -0.2) is 24.5 Å². The van der Waals surface area contributed by atoms with Gasteiger partial charge in [-0.15, -0.1) is 6.58 Å². The molecule has 3 rings (SSSR count). The van der Waals surface area contributed by atoms with Gasteiger partial charge in [0.25, 0.3) is 5.91 Å². The molecule has 1 aliphatic rings. The van der Waals surface area contributed by atoms with Gasteiger partial charge in [0.15, 0.2) is 0 Å². The van der Waals surface area contributed by atoms with E-state index in [9.17, 15) is 4.79 Å². The maximum Gasteiger partial charge on any atom is 0.258 e. The Bertz CT molecular complexity index is 712. The zero-order valence-corrected chi connectivity index (χ0v) is 12.5. The molecule has 2 aromatic carbocycles. The molecule has 4 heteroatoms. The van der Waals surface area contributed by atoms with E-state index in [1.807, 2.05) is 48.5 Å². The molecule has 1 N–H and O–H groups in total. The van der Waals surface area contributed by atoms with Crippen LogP contribution in [0.3, 0.4) is 0 Å². The summed E-state index contributed by atoms with van der Waals surface area (Å²) in [6, 6.07) is 15.3. The molecule has 0 bridgehead atoms. The van der Waals surface area contributed by atoms with E-state index in [0.29, 0.717) is 12.1 Å². The number of methoxy groups -OCH3 is 1. The van der Waals surface area contributed by atoms with Crippen molar-refractivity contribution in [1.29, 1.82) is 0 Å². The Kier molecular flexibility index (Phi) is 3.83. The van der Waals surface area contributed by atoms with Crippen molar-refractivity contribution in [1.82, 2.24) is 4.90 Å². The molecule has 0 aromatic heterocycles. The first-order chi connectivity index (χ1) is 10.8. The fourth-order valence-corrected chi connectivity index (χ4v) is 2.76. The van der Waals surface area contributed by atoms with Crippen LogP contribution in [0.25, 0.3) is 0 Å². The van der Waals surface area contributed by atoms with Crippen LogP contribution in [0.4, 0.5) is 5.69 Å². The number of nitrogens with one attached hydrogen (secondary N) is 1. The number of benzene rings is 2. The highest BCUT2D eigenvalue weighted by atomic mass is 16.5. The Hall–Kier alpha value is -2.75. The number of rotatable bonds is 4. The van der Waals surface area contributed by atoms with E-state index in [2.05, 4.69) is 11.9 Å². The molecule has 1 atom stereocenters. The van der Waals surface area contributed by atoms with Crippen molar-refractivity contribution in [3.05, 3.63) is 72.3 Å². The van der Waals surface area contributed by atoms with Crippen molar-refractivity contribution in [2.75, 3.05) is 19.0 Å². The fraction of sp³-hybridized carbons (Fsp3) is 0.167. The fourth-order valence-electron chi connectivity index (χ4n) is 2.76. The SMILES string of the molecule is C=CCN1C(=O)c2ccccc2N[C@@H]1c1ccccc1OC. The molecule has 0 saturated heterocycles. The lowest BCUT2D eigenvalue weighted by molar-refractivity contribution is 0.0706. The van der Waals surface area contributed by atoms with Crippen molar-refractivity contribution in [2.45, 2.75) is 6.17 Å². The van der Waals surface area contributed by atoms with E-state index in [1.54, 1.807) is 18.1 Å². The molecule has 0 saturated carbocycles. The Labute approximate surface area is 130 Å². The summed E-state index contributed by atoms with van der Waals surface area (Å²) in [6.45, 7) is 4.22. The van der Waals surface area contributed by atoms with Crippen LogP contribution in [0, 0.1) is 0 Å². The highest BCUT2D eigenvalue weighted by molar-refractivity contribution is 6.01. The second-order valence-electron chi connectivity index (χ2n) is 5.08. The largest absolute Gasteiger partial charge is 0.496 e. The number of carbonyl (C=O) groups is 1. The van der Waals surface area contributed by atoms with E-state index in [4.69, 9.17) is 4.74 Å². The highest BCUT2D eigenvalue weighted by Crippen LogP contribution is 2.36. The summed E-state index contributed by atoms with van der Waals surface area (Å²) in [5.41, 5.74) is 2.44. The molecule has 4 nitrogen and oxygen atoms in total. The van der Waals surface area contributed by atoms with Crippen LogP contribution >= 0.6 is 0 Å². The van der Waals surface area contributed by atoms with Crippen LogP contribution in [-0.2, 0) is 0 Å². The van der Waals surface area contributed by atoms with Gasteiger partial charge in [-0.1, -0.05) is 36.4 Å². The molecule has 2 aromatic rings. The second-order valence-corrected chi connectivity index (χ2v) is 5.08. The molecular weight excluding hydrogens is 276 g/mol. The van der Waals surface area contributed by atoms with Gasteiger partial charge < -0.3 is 15.0 Å². The van der Waals surface area contributed by atoms with Gasteiger partial charge >= 0.3 is 0 Å². The van der Waals surface area contributed by atoms with Gasteiger partial charge in [-0.3, -0.25) is 4.79 Å². The number of hydrogen-bond acceptors (Lipinski definition) is 3. The predicted octanol–water partition coefficient (Wildman–Crippen LogP) is 3.45. The molecule has 1 amide bonds. The standard InChI is InChI=1S/C18H18N2O2/c1-3-12-20-17(14-9-5-7-11-16(14)22-2)19-15-10-6-4-8-13(15)18(20)21/h3-11,17,19H,1,12H2,2H3/t17-/m0/s1. The Morgan fingerprint density at radius 1 is 1.23 bits per heavy atom. The van der Waals surface area contributed by atoms with E-state index in [-0.39, 0.29) is 12.1 Å². The minimum absolute atomic E-state index is 0.00911. The topological polar surface area (TPSA) is 41.6 Å². The zero-order chi connectivity index (χ0) is 15.5. The lowest BCUT2D eigenvalue weighted by Crippen LogP contribution is -2.43. The number of ether oxygens (including phenoxy) is 1. The number of anilines is 1. The Morgan fingerprint density at radius 2 is 1.95 bits per heavy atom. The first-order valence-electron chi connectivity index (χ1n) is 7.16. The van der Waals surface area contributed by atoms with E-state index >= 15 is 0 Å². The van der Waals surface area contributed by atoms with Gasteiger partial charge in [0.05, 0.1) is 12.7 Å². The summed E-state index contributed by atoms with van der Waals surface area (Å²) in [5.74, 6) is 0.742. The van der Waals surface area contributed by atoms with Gasteiger partial charge in [0, 0.05) is 17.8 Å². The molecule has 112 valence electrons. The number of amides is 1. The molecule has 1 aliphatic heterocycles. The normalized spacial score (nSPS) is 16.7. The number of hydrogen-bond donors (Lipinski definition) is 1. The second kappa shape index (κ2) is 5.93. The lowest BCUT2D eigenvalue weighted by atomic mass is 10.0. The van der Waals surface area contributed by atoms with Gasteiger partial charge in [-0.2, -0.15) is 0 Å². The highest BCUT2D eigenvalue weighted by Gasteiger charge is 2.33. The molecule has 0 fully saturated rings. The predicted molar refractivity (Wildman–Crippen MR) is 87.0 cm³/mol. The molecule has 0 unspecified atom stereocenters. The Morgan fingerprint density at radius 3 is 2.73 bits per heavy atom. The van der Waals surface area contributed by atoms with Crippen molar-refractivity contribution in [3.63, 3.8) is 0 Å². The average Bonchev–Trinajstić information content (AvgIpc) is 2.57. The number of nitrogens with zero attached hydrogens (tertiary/aromatic N) is 1. The van der Waals surface area contributed by atoms with Crippen molar-refractivity contribution in [3.8, 4) is 5.75 Å². The number of para-hydroxylation sites is 2. The summed E-state index contributed by atoms with van der Waals surface area (Å²) in [5, 5.41) is 3.43. The molecule has 1 heterocycles. The van der Waals surface area contributed by atoms with E-state index in [1.165, 1.54) is 0 Å². The van der Waals surface area contributed by atoms with E-state index < -0.39 is 0 Å². The summed E-state index contributed by atoms with van der Waals surface area (Å²) >= 11 is 0. The molecule has 0 aliphatic carbocycles. The maximum atomic E-state index is 12.8. The summed E-state index contributed by atoms with van der Waals surface area (Å²) < 4.78 is 5.44. The van der Waals surface area contributed by atoms with Gasteiger partial charge in [0.1, 0.15) is 11.9 Å². The third kappa shape index (κ3) is 2.33. The maximum absolute atomic E-state index is 12.8. The molecular formula is C18H18N2O2. The van der Waals surface area contributed by atoms with Crippen LogP contribution in [0.15, 0.2) is 61.2 Å².